The molecule has 1 unspecified atom stereocenters. The summed E-state index contributed by atoms with van der Waals surface area (Å²) in [5.74, 6) is 0.463. The normalized spacial score (nSPS) is 12.2. The van der Waals surface area contributed by atoms with E-state index in [1.807, 2.05) is 13.8 Å². The monoisotopic (exact) mass is 133 g/mol. The average Bonchev–Trinajstić information content (AvgIpc) is 1.65. The van der Waals surface area contributed by atoms with Crippen LogP contribution in [0.5, 0.6) is 0 Å². The van der Waals surface area contributed by atoms with E-state index in [0.29, 0.717) is 5.96 Å². The van der Waals surface area contributed by atoms with Crippen LogP contribution in [0.15, 0.2) is 4.99 Å². The molecule has 0 saturated heterocycles. The third kappa shape index (κ3) is 3.88. The maximum Gasteiger partial charge on any atom is 0.191 e. The van der Waals surface area contributed by atoms with Crippen molar-refractivity contribution in [1.29, 1.82) is 0 Å². The molecule has 0 bridgehead atoms. The lowest BCUT2D eigenvalue weighted by atomic mass is 10.4. The molecule has 1 atom stereocenters. The minimum Gasteiger partial charge on any atom is -0.370 e. The SMILES string of the molecule is CC(C)N=C(N)NP. The van der Waals surface area contributed by atoms with Gasteiger partial charge in [-0.2, -0.15) is 0 Å². The first-order chi connectivity index (χ1) is 3.66. The van der Waals surface area contributed by atoms with E-state index in [0.717, 1.165) is 0 Å². The maximum atomic E-state index is 5.29. The first-order valence-corrected chi connectivity index (χ1v) is 3.04. The molecule has 48 valence electrons. The highest BCUT2D eigenvalue weighted by Gasteiger charge is 1.87. The highest BCUT2D eigenvalue weighted by molar-refractivity contribution is 7.15. The molecule has 4 heteroatoms. The number of aliphatic imine (C=N–C) groups is 1. The van der Waals surface area contributed by atoms with Gasteiger partial charge in [0, 0.05) is 6.04 Å². The Balaban J connectivity index is 3.56. The Bertz CT molecular complexity index is 89.3. The van der Waals surface area contributed by atoms with Crippen molar-refractivity contribution < 1.29 is 0 Å². The van der Waals surface area contributed by atoms with E-state index >= 15 is 0 Å². The maximum absolute atomic E-state index is 5.29. The lowest BCUT2D eigenvalue weighted by molar-refractivity contribution is 0.829. The summed E-state index contributed by atoms with van der Waals surface area (Å²) >= 11 is 0. The smallest absolute Gasteiger partial charge is 0.191 e. The summed E-state index contributed by atoms with van der Waals surface area (Å²) in [6.45, 7) is 3.93. The molecular formula is C4H12N3P. The van der Waals surface area contributed by atoms with Gasteiger partial charge in [-0.15, -0.1) is 0 Å². The summed E-state index contributed by atoms with van der Waals surface area (Å²) < 4.78 is 0. The molecule has 0 aliphatic carbocycles. The van der Waals surface area contributed by atoms with Gasteiger partial charge in [0.15, 0.2) is 5.96 Å². The minimum atomic E-state index is 0.267. The van der Waals surface area contributed by atoms with Crippen LogP contribution in [0.2, 0.25) is 0 Å². The second kappa shape index (κ2) is 3.67. The molecule has 0 aromatic rings. The number of nitrogens with one attached hydrogen (secondary N) is 1. The van der Waals surface area contributed by atoms with Crippen LogP contribution in [-0.4, -0.2) is 12.0 Å². The lowest BCUT2D eigenvalue weighted by Crippen LogP contribution is -2.24. The van der Waals surface area contributed by atoms with E-state index in [2.05, 4.69) is 19.5 Å². The molecular weight excluding hydrogens is 121 g/mol. The molecule has 0 aliphatic rings. The van der Waals surface area contributed by atoms with Crippen molar-refractivity contribution in [2.75, 3.05) is 0 Å². The van der Waals surface area contributed by atoms with Crippen molar-refractivity contribution >= 4 is 15.4 Å². The number of rotatable bonds is 1. The summed E-state index contributed by atoms with van der Waals surface area (Å²) in [4.78, 5) is 3.96. The summed E-state index contributed by atoms with van der Waals surface area (Å²) in [5, 5.41) is 2.64. The van der Waals surface area contributed by atoms with Gasteiger partial charge in [0.1, 0.15) is 0 Å². The van der Waals surface area contributed by atoms with Crippen molar-refractivity contribution in [2.45, 2.75) is 19.9 Å². The van der Waals surface area contributed by atoms with Crippen molar-refractivity contribution in [2.24, 2.45) is 10.7 Å². The van der Waals surface area contributed by atoms with Gasteiger partial charge in [0.2, 0.25) is 0 Å². The van der Waals surface area contributed by atoms with Gasteiger partial charge < -0.3 is 10.8 Å². The standard InChI is InChI=1S/C4H12N3P/c1-3(2)6-4(5)7-8/h3H,8H2,1-2H3,(H3,5,6,7). The fourth-order valence-electron chi connectivity index (χ4n) is 0.315. The molecule has 0 radical (unpaired) electrons. The van der Waals surface area contributed by atoms with E-state index in [-0.39, 0.29) is 6.04 Å². The Morgan fingerprint density at radius 1 is 1.75 bits per heavy atom. The molecule has 3 N–H and O–H groups in total. The highest BCUT2D eigenvalue weighted by Crippen LogP contribution is 1.83. The number of nitrogens with zero attached hydrogens (tertiary/aromatic N) is 1. The summed E-state index contributed by atoms with van der Waals surface area (Å²) in [6.07, 6.45) is 0. The topological polar surface area (TPSA) is 50.4 Å². The predicted molar refractivity (Wildman–Crippen MR) is 39.6 cm³/mol. The number of guanidine groups is 1. The lowest BCUT2D eigenvalue weighted by Gasteiger charge is -1.98. The van der Waals surface area contributed by atoms with E-state index in [1.54, 1.807) is 0 Å². The van der Waals surface area contributed by atoms with Crippen LogP contribution in [0, 0.1) is 0 Å². The average molecular weight is 133 g/mol. The number of hydrogen-bond acceptors (Lipinski definition) is 1. The highest BCUT2D eigenvalue weighted by atomic mass is 31.0. The largest absolute Gasteiger partial charge is 0.370 e. The summed E-state index contributed by atoms with van der Waals surface area (Å²) in [5.41, 5.74) is 5.29. The van der Waals surface area contributed by atoms with Crippen molar-refractivity contribution in [3.8, 4) is 0 Å². The van der Waals surface area contributed by atoms with Crippen LogP contribution in [0.3, 0.4) is 0 Å². The van der Waals surface area contributed by atoms with Gasteiger partial charge in [-0.1, -0.05) is 0 Å². The number of nitrogens with two attached hydrogens (primary N) is 1. The summed E-state index contributed by atoms with van der Waals surface area (Å²) in [7, 11) is 2.28. The molecule has 0 rings (SSSR count). The zero-order chi connectivity index (χ0) is 6.57. The van der Waals surface area contributed by atoms with Crippen LogP contribution in [0.25, 0.3) is 0 Å². The van der Waals surface area contributed by atoms with Gasteiger partial charge in [0.25, 0.3) is 0 Å². The Morgan fingerprint density at radius 3 is 2.38 bits per heavy atom. The Morgan fingerprint density at radius 2 is 2.25 bits per heavy atom. The van der Waals surface area contributed by atoms with Crippen molar-refractivity contribution in [3.63, 3.8) is 0 Å². The van der Waals surface area contributed by atoms with E-state index < -0.39 is 0 Å². The first kappa shape index (κ1) is 7.70. The predicted octanol–water partition coefficient (Wildman–Crippen LogP) is 0.0892. The van der Waals surface area contributed by atoms with Crippen LogP contribution in [0.4, 0.5) is 0 Å². The molecule has 0 aromatic carbocycles. The van der Waals surface area contributed by atoms with Gasteiger partial charge >= 0.3 is 0 Å². The first-order valence-electron chi connectivity index (χ1n) is 2.46. The molecule has 0 spiro atoms. The van der Waals surface area contributed by atoms with Gasteiger partial charge in [-0.05, 0) is 23.2 Å². The third-order valence-electron chi connectivity index (χ3n) is 0.545. The Labute approximate surface area is 52.0 Å². The Kier molecular flexibility index (Phi) is 3.53. The van der Waals surface area contributed by atoms with Crippen LogP contribution < -0.4 is 10.8 Å². The quantitative estimate of drug-likeness (QED) is 0.302. The van der Waals surface area contributed by atoms with Gasteiger partial charge in [-0.25, -0.2) is 0 Å². The second-order valence-corrected chi connectivity index (χ2v) is 2.04. The minimum absolute atomic E-state index is 0.267. The van der Waals surface area contributed by atoms with Gasteiger partial charge in [-0.3, -0.25) is 4.99 Å². The molecule has 0 fully saturated rings. The molecule has 0 aromatic heterocycles. The second-order valence-electron chi connectivity index (χ2n) is 1.75. The molecule has 0 aliphatic heterocycles. The molecule has 0 saturated carbocycles. The number of hydrogen-bond donors (Lipinski definition) is 2. The molecule has 0 amide bonds. The third-order valence-corrected chi connectivity index (χ3v) is 0.841. The Hall–Kier alpha value is -0.300. The van der Waals surface area contributed by atoms with Crippen LogP contribution >= 0.6 is 9.39 Å². The van der Waals surface area contributed by atoms with Gasteiger partial charge in [0.05, 0.1) is 0 Å². The fraction of sp³-hybridized carbons (Fsp3) is 0.750. The molecule has 3 nitrogen and oxygen atoms in total. The van der Waals surface area contributed by atoms with E-state index in [1.165, 1.54) is 0 Å². The fourth-order valence-corrected chi connectivity index (χ4v) is 0.390. The summed E-state index contributed by atoms with van der Waals surface area (Å²) in [6, 6.07) is 0.267. The van der Waals surface area contributed by atoms with Crippen LogP contribution in [0.1, 0.15) is 13.8 Å². The van der Waals surface area contributed by atoms with Crippen LogP contribution in [-0.2, 0) is 0 Å². The molecule has 0 heterocycles. The van der Waals surface area contributed by atoms with Crippen molar-refractivity contribution in [1.82, 2.24) is 5.09 Å². The van der Waals surface area contributed by atoms with Crippen molar-refractivity contribution in [3.05, 3.63) is 0 Å². The van der Waals surface area contributed by atoms with E-state index in [4.69, 9.17) is 5.73 Å². The zero-order valence-corrected chi connectivity index (χ0v) is 6.33. The molecule has 8 heavy (non-hydrogen) atoms. The van der Waals surface area contributed by atoms with E-state index in [9.17, 15) is 0 Å². The zero-order valence-electron chi connectivity index (χ0n) is 5.18.